The first-order valence-electron chi connectivity index (χ1n) is 7.85. The third-order valence-electron chi connectivity index (χ3n) is 5.89. The van der Waals surface area contributed by atoms with E-state index in [0.717, 1.165) is 25.7 Å². The number of rotatable bonds is 4. The lowest BCUT2D eigenvalue weighted by molar-refractivity contribution is -0.0624. The molecule has 1 heterocycles. The molecule has 0 aromatic rings. The maximum absolute atomic E-state index is 11.1. The monoisotopic (exact) mass is 291 g/mol. The molecule has 3 aliphatic rings. The number of nitrogens with zero attached hydrogens (tertiary/aromatic N) is 1. The highest BCUT2D eigenvalue weighted by atomic mass is 16.4. The number of allylic oxidation sites excluding steroid dienone is 2. The highest BCUT2D eigenvalue weighted by Crippen LogP contribution is 2.60. The number of nitrogens with two attached hydrogens (primary N) is 1. The van der Waals surface area contributed by atoms with Gasteiger partial charge in [0, 0.05) is 28.7 Å². The van der Waals surface area contributed by atoms with Gasteiger partial charge in [0.1, 0.15) is 0 Å². The van der Waals surface area contributed by atoms with E-state index in [1.165, 1.54) is 18.5 Å². The van der Waals surface area contributed by atoms with E-state index in [0.29, 0.717) is 5.92 Å². The summed E-state index contributed by atoms with van der Waals surface area (Å²) in [7, 11) is 0. The second-order valence-corrected chi connectivity index (χ2v) is 7.35. The average Bonchev–Trinajstić information content (AvgIpc) is 3.09. The van der Waals surface area contributed by atoms with Gasteiger partial charge >= 0.3 is 6.09 Å². The van der Waals surface area contributed by atoms with Gasteiger partial charge in [0.25, 0.3) is 0 Å². The number of hydrogen-bond donors (Lipinski definition) is 3. The van der Waals surface area contributed by atoms with Crippen molar-refractivity contribution < 1.29 is 9.90 Å². The lowest BCUT2D eigenvalue weighted by atomic mass is 9.47. The van der Waals surface area contributed by atoms with Crippen LogP contribution in [0.15, 0.2) is 16.8 Å². The third-order valence-corrected chi connectivity index (χ3v) is 5.89. The van der Waals surface area contributed by atoms with Crippen molar-refractivity contribution in [2.24, 2.45) is 27.5 Å². The van der Waals surface area contributed by atoms with Gasteiger partial charge < -0.3 is 16.2 Å². The van der Waals surface area contributed by atoms with Gasteiger partial charge in [-0.15, -0.1) is 0 Å². The number of hydrogen-bond acceptors (Lipinski definition) is 3. The maximum atomic E-state index is 11.1. The molecule has 2 fully saturated rings. The van der Waals surface area contributed by atoms with E-state index in [2.05, 4.69) is 24.5 Å². The number of carboxylic acid groups (broad SMARTS) is 1. The predicted molar refractivity (Wildman–Crippen MR) is 82.1 cm³/mol. The second-order valence-electron chi connectivity index (χ2n) is 7.35. The lowest BCUT2D eigenvalue weighted by Crippen LogP contribution is -2.71. The molecular formula is C16H25N3O2. The zero-order valence-corrected chi connectivity index (χ0v) is 12.9. The van der Waals surface area contributed by atoms with E-state index >= 15 is 0 Å². The number of nitrogens with one attached hydrogen (secondary N) is 1. The van der Waals surface area contributed by atoms with Gasteiger partial charge in [0.2, 0.25) is 0 Å². The van der Waals surface area contributed by atoms with Crippen molar-refractivity contribution >= 4 is 12.3 Å². The zero-order chi connectivity index (χ0) is 15.3. The summed E-state index contributed by atoms with van der Waals surface area (Å²) < 4.78 is 0. The third kappa shape index (κ3) is 2.18. The smallest absolute Gasteiger partial charge is 0.406 e. The van der Waals surface area contributed by atoms with Crippen molar-refractivity contribution in [3.8, 4) is 0 Å². The summed E-state index contributed by atoms with van der Waals surface area (Å²) in [5.74, 6) is 0.657. The van der Waals surface area contributed by atoms with Crippen LogP contribution in [0.25, 0.3) is 0 Å². The first-order valence-corrected chi connectivity index (χ1v) is 7.85. The molecule has 2 aliphatic carbocycles. The van der Waals surface area contributed by atoms with Crippen LogP contribution in [0.5, 0.6) is 0 Å². The van der Waals surface area contributed by atoms with Gasteiger partial charge in [-0.05, 0) is 39.0 Å². The minimum absolute atomic E-state index is 0.185. The topological polar surface area (TPSA) is 87.7 Å². The summed E-state index contributed by atoms with van der Waals surface area (Å²) in [6.07, 6.45) is 9.61. The molecule has 0 saturated heterocycles. The molecule has 5 nitrogen and oxygen atoms in total. The average molecular weight is 291 g/mol. The van der Waals surface area contributed by atoms with Crippen LogP contribution in [0, 0.1) is 16.7 Å². The fourth-order valence-electron chi connectivity index (χ4n) is 4.16. The number of amides is 1. The van der Waals surface area contributed by atoms with Crippen LogP contribution in [0.2, 0.25) is 0 Å². The molecule has 3 rings (SSSR count). The molecule has 0 spiro atoms. The summed E-state index contributed by atoms with van der Waals surface area (Å²) in [4.78, 5) is 15.8. The molecule has 21 heavy (non-hydrogen) atoms. The molecule has 0 radical (unpaired) electrons. The maximum Gasteiger partial charge on any atom is 0.406 e. The Balaban J connectivity index is 1.86. The molecule has 2 unspecified atom stereocenters. The molecule has 2 atom stereocenters. The van der Waals surface area contributed by atoms with Crippen LogP contribution >= 0.6 is 0 Å². The minimum atomic E-state index is -1.06. The van der Waals surface area contributed by atoms with E-state index in [-0.39, 0.29) is 10.8 Å². The Morgan fingerprint density at radius 2 is 2.19 bits per heavy atom. The second kappa shape index (κ2) is 4.57. The van der Waals surface area contributed by atoms with Crippen LogP contribution in [0.4, 0.5) is 4.79 Å². The highest BCUT2D eigenvalue weighted by Gasteiger charge is 2.60. The van der Waals surface area contributed by atoms with Crippen molar-refractivity contribution in [1.82, 2.24) is 5.32 Å². The van der Waals surface area contributed by atoms with Crippen molar-refractivity contribution in [3.63, 3.8) is 0 Å². The minimum Gasteiger partial charge on any atom is -0.465 e. The first-order chi connectivity index (χ1) is 9.80. The Kier molecular flexibility index (Phi) is 3.17. The molecule has 4 N–H and O–H groups in total. The molecule has 5 heteroatoms. The van der Waals surface area contributed by atoms with E-state index < -0.39 is 11.8 Å². The van der Waals surface area contributed by atoms with E-state index in [1.807, 2.05) is 0 Å². The Morgan fingerprint density at radius 3 is 2.57 bits per heavy atom. The molecule has 1 amide bonds. The highest BCUT2D eigenvalue weighted by molar-refractivity contribution is 5.72. The number of carbonyl (C=O) groups is 1. The van der Waals surface area contributed by atoms with Gasteiger partial charge in [-0.3, -0.25) is 4.99 Å². The summed E-state index contributed by atoms with van der Waals surface area (Å²) in [6.45, 7) is 3.98. The summed E-state index contributed by atoms with van der Waals surface area (Å²) in [5.41, 5.74) is 6.24. The molecule has 116 valence electrons. The lowest BCUT2D eigenvalue weighted by Gasteiger charge is -2.61. The van der Waals surface area contributed by atoms with E-state index in [9.17, 15) is 4.79 Å². The van der Waals surface area contributed by atoms with Gasteiger partial charge in [-0.2, -0.15) is 0 Å². The first kappa shape index (κ1) is 14.6. The fourth-order valence-corrected chi connectivity index (χ4v) is 4.16. The van der Waals surface area contributed by atoms with Crippen molar-refractivity contribution in [2.75, 3.05) is 0 Å². The summed E-state index contributed by atoms with van der Waals surface area (Å²) in [5, 5.41) is 11.6. The predicted octanol–water partition coefficient (Wildman–Crippen LogP) is 2.87. The molecule has 0 bridgehead atoms. The van der Waals surface area contributed by atoms with Gasteiger partial charge in [-0.25, -0.2) is 4.79 Å². The molecule has 0 aromatic carbocycles. The standard InChI is InChI=1S/C16H25N3O2/c1-14(9-6-12(18-10-14)11-4-5-11)16(7-3-8-16)15(2,17)19-13(20)21/h6,10-11,19H,3-5,7-9,17H2,1-2H3,(H,20,21). The molecule has 2 saturated carbocycles. The Bertz CT molecular complexity index is 516. The van der Waals surface area contributed by atoms with Crippen LogP contribution in [-0.2, 0) is 0 Å². The van der Waals surface area contributed by atoms with Gasteiger partial charge in [0.05, 0.1) is 5.66 Å². The number of aliphatic imine (C=N–C) groups is 1. The van der Waals surface area contributed by atoms with Crippen molar-refractivity contribution in [1.29, 1.82) is 0 Å². The molecular weight excluding hydrogens is 266 g/mol. The Morgan fingerprint density at radius 1 is 1.52 bits per heavy atom. The van der Waals surface area contributed by atoms with Crippen molar-refractivity contribution in [3.05, 3.63) is 11.8 Å². The largest absolute Gasteiger partial charge is 0.465 e. The van der Waals surface area contributed by atoms with Gasteiger partial charge in [0.15, 0.2) is 0 Å². The Hall–Kier alpha value is -1.36. The molecule has 0 aromatic heterocycles. The SMILES string of the molecule is CC1(C2(C(C)(N)NC(=O)O)CCC2)C=NC(C2CC2)=CC1. The molecule has 1 aliphatic heterocycles. The summed E-state index contributed by atoms with van der Waals surface area (Å²) >= 11 is 0. The van der Waals surface area contributed by atoms with Crippen LogP contribution in [0.1, 0.15) is 52.4 Å². The van der Waals surface area contributed by atoms with Crippen molar-refractivity contribution in [2.45, 2.75) is 58.0 Å². The van der Waals surface area contributed by atoms with Crippen LogP contribution in [-0.4, -0.2) is 23.1 Å². The zero-order valence-electron chi connectivity index (χ0n) is 12.9. The fraction of sp³-hybridized carbons (Fsp3) is 0.750. The van der Waals surface area contributed by atoms with E-state index in [1.54, 1.807) is 6.92 Å². The summed E-state index contributed by atoms with van der Waals surface area (Å²) in [6, 6.07) is 0. The quantitative estimate of drug-likeness (QED) is 0.696. The van der Waals surface area contributed by atoms with Crippen LogP contribution < -0.4 is 11.1 Å². The normalized spacial score (nSPS) is 33.6. The van der Waals surface area contributed by atoms with Gasteiger partial charge in [-0.1, -0.05) is 19.4 Å². The van der Waals surface area contributed by atoms with Crippen LogP contribution in [0.3, 0.4) is 0 Å². The van der Waals surface area contributed by atoms with E-state index in [4.69, 9.17) is 15.8 Å². The Labute approximate surface area is 125 Å².